The summed E-state index contributed by atoms with van der Waals surface area (Å²) in [6.45, 7) is 6.05. The van der Waals surface area contributed by atoms with Crippen LogP contribution in [0.2, 0.25) is 0 Å². The molecule has 5 heteroatoms. The van der Waals surface area contributed by atoms with Gasteiger partial charge >= 0.3 is 6.03 Å². The van der Waals surface area contributed by atoms with Crippen molar-refractivity contribution in [2.45, 2.75) is 31.8 Å². The highest BCUT2D eigenvalue weighted by Gasteiger charge is 2.25. The van der Waals surface area contributed by atoms with Gasteiger partial charge in [-0.15, -0.1) is 0 Å². The quantitative estimate of drug-likeness (QED) is 0.872. The van der Waals surface area contributed by atoms with E-state index in [1.54, 1.807) is 0 Å². The lowest BCUT2D eigenvalue weighted by atomic mass is 10.0. The van der Waals surface area contributed by atoms with Gasteiger partial charge in [-0.25, -0.2) is 4.79 Å². The second-order valence-corrected chi connectivity index (χ2v) is 6.20. The normalized spacial score (nSPS) is 20.4. The first-order valence-corrected chi connectivity index (χ1v) is 8.15. The van der Waals surface area contributed by atoms with Gasteiger partial charge in [0.2, 0.25) is 0 Å². The molecule has 0 bridgehead atoms. The Morgan fingerprint density at radius 1 is 1.27 bits per heavy atom. The Kier molecular flexibility index (Phi) is 4.95. The second kappa shape index (κ2) is 7.11. The van der Waals surface area contributed by atoms with Crippen LogP contribution in [0.25, 0.3) is 0 Å². The highest BCUT2D eigenvalue weighted by atomic mass is 16.5. The van der Waals surface area contributed by atoms with Crippen LogP contribution in [0, 0.1) is 6.92 Å². The van der Waals surface area contributed by atoms with Crippen molar-refractivity contribution in [3.63, 3.8) is 0 Å². The number of carbonyl (C=O) groups is 1. The first-order chi connectivity index (χ1) is 10.7. The summed E-state index contributed by atoms with van der Waals surface area (Å²) in [5.41, 5.74) is 2.50. The van der Waals surface area contributed by atoms with Crippen molar-refractivity contribution in [2.24, 2.45) is 0 Å². The third-order valence-electron chi connectivity index (χ3n) is 4.32. The molecule has 1 saturated carbocycles. The van der Waals surface area contributed by atoms with Gasteiger partial charge in [0.15, 0.2) is 0 Å². The Morgan fingerprint density at radius 3 is 2.59 bits per heavy atom. The van der Waals surface area contributed by atoms with E-state index in [2.05, 4.69) is 46.7 Å². The van der Waals surface area contributed by atoms with Crippen LogP contribution in [-0.4, -0.2) is 49.8 Å². The van der Waals surface area contributed by atoms with Crippen molar-refractivity contribution in [3.8, 4) is 0 Å². The monoisotopic (exact) mass is 303 g/mol. The number of nitrogens with zero attached hydrogens (tertiary/aromatic N) is 1. The van der Waals surface area contributed by atoms with E-state index in [0.717, 1.165) is 39.1 Å². The summed E-state index contributed by atoms with van der Waals surface area (Å²) in [6, 6.07) is 9.13. The first-order valence-electron chi connectivity index (χ1n) is 8.15. The molecule has 1 atom stereocenters. The number of amides is 2. The highest BCUT2D eigenvalue weighted by molar-refractivity contribution is 5.74. The molecule has 2 fully saturated rings. The lowest BCUT2D eigenvalue weighted by molar-refractivity contribution is 0.0167. The second-order valence-electron chi connectivity index (χ2n) is 6.20. The van der Waals surface area contributed by atoms with E-state index in [0.29, 0.717) is 12.6 Å². The van der Waals surface area contributed by atoms with Crippen LogP contribution < -0.4 is 10.6 Å². The molecule has 22 heavy (non-hydrogen) atoms. The molecule has 5 nitrogen and oxygen atoms in total. The van der Waals surface area contributed by atoms with Crippen LogP contribution in [-0.2, 0) is 4.74 Å². The van der Waals surface area contributed by atoms with E-state index in [1.807, 2.05) is 0 Å². The number of rotatable bonds is 5. The lowest BCUT2D eigenvalue weighted by Crippen LogP contribution is -2.46. The van der Waals surface area contributed by atoms with E-state index in [4.69, 9.17) is 4.74 Å². The fourth-order valence-corrected chi connectivity index (χ4v) is 2.79. The molecule has 3 rings (SSSR count). The van der Waals surface area contributed by atoms with Crippen LogP contribution >= 0.6 is 0 Å². The maximum absolute atomic E-state index is 11.9. The minimum absolute atomic E-state index is 0.0483. The van der Waals surface area contributed by atoms with Gasteiger partial charge in [-0.1, -0.05) is 29.8 Å². The first kappa shape index (κ1) is 15.3. The zero-order valence-corrected chi connectivity index (χ0v) is 13.2. The summed E-state index contributed by atoms with van der Waals surface area (Å²) in [7, 11) is 0. The molecule has 0 aromatic heterocycles. The average Bonchev–Trinajstić information content (AvgIpc) is 3.34. The zero-order valence-electron chi connectivity index (χ0n) is 13.2. The molecule has 120 valence electrons. The van der Waals surface area contributed by atoms with Crippen molar-refractivity contribution in [3.05, 3.63) is 35.4 Å². The summed E-state index contributed by atoms with van der Waals surface area (Å²) in [5, 5.41) is 6.01. The molecular weight excluding hydrogens is 278 g/mol. The number of hydrogen-bond donors (Lipinski definition) is 2. The van der Waals surface area contributed by atoms with Crippen LogP contribution in [0.1, 0.15) is 30.0 Å². The summed E-state index contributed by atoms with van der Waals surface area (Å²) >= 11 is 0. The maximum Gasteiger partial charge on any atom is 0.315 e. The Hall–Kier alpha value is -1.59. The molecule has 1 saturated heterocycles. The summed E-state index contributed by atoms with van der Waals surface area (Å²) < 4.78 is 5.45. The van der Waals surface area contributed by atoms with Gasteiger partial charge in [-0.3, -0.25) is 4.90 Å². The largest absolute Gasteiger partial charge is 0.379 e. The van der Waals surface area contributed by atoms with Crippen LogP contribution in [0.15, 0.2) is 24.3 Å². The number of carbonyl (C=O) groups excluding carboxylic acids is 1. The van der Waals surface area contributed by atoms with E-state index in [-0.39, 0.29) is 12.1 Å². The fraction of sp³-hybridized carbons (Fsp3) is 0.588. The number of ether oxygens (including phenoxy) is 1. The van der Waals surface area contributed by atoms with Gasteiger partial charge in [0, 0.05) is 25.7 Å². The van der Waals surface area contributed by atoms with Gasteiger partial charge in [0.05, 0.1) is 19.3 Å². The predicted octanol–water partition coefficient (Wildman–Crippen LogP) is 1.83. The van der Waals surface area contributed by atoms with Gasteiger partial charge in [0.25, 0.3) is 0 Å². The van der Waals surface area contributed by atoms with Gasteiger partial charge in [-0.2, -0.15) is 0 Å². The lowest BCUT2D eigenvalue weighted by Gasteiger charge is -2.35. The predicted molar refractivity (Wildman–Crippen MR) is 85.9 cm³/mol. The molecule has 1 aliphatic heterocycles. The molecule has 0 spiro atoms. The number of morpholine rings is 1. The average molecular weight is 303 g/mol. The molecule has 2 N–H and O–H groups in total. The molecule has 2 amide bonds. The van der Waals surface area contributed by atoms with Crippen molar-refractivity contribution in [1.29, 1.82) is 0 Å². The number of nitrogens with one attached hydrogen (secondary N) is 2. The smallest absolute Gasteiger partial charge is 0.315 e. The Morgan fingerprint density at radius 2 is 1.95 bits per heavy atom. The third-order valence-corrected chi connectivity index (χ3v) is 4.32. The molecule has 1 aromatic rings. The van der Waals surface area contributed by atoms with Crippen molar-refractivity contribution in [1.82, 2.24) is 15.5 Å². The molecular formula is C17H25N3O2. The van der Waals surface area contributed by atoms with Crippen molar-refractivity contribution < 1.29 is 9.53 Å². The van der Waals surface area contributed by atoms with E-state index < -0.39 is 0 Å². The molecule has 1 aliphatic carbocycles. The summed E-state index contributed by atoms with van der Waals surface area (Å²) in [5.74, 6) is 0. The van der Waals surface area contributed by atoms with Crippen LogP contribution in [0.4, 0.5) is 4.79 Å². The SMILES string of the molecule is Cc1ccc(C(CNC(=O)NC2CC2)N2CCOCC2)cc1. The topological polar surface area (TPSA) is 53.6 Å². The number of benzene rings is 1. The summed E-state index contributed by atoms with van der Waals surface area (Å²) in [6.07, 6.45) is 2.22. The van der Waals surface area contributed by atoms with Crippen molar-refractivity contribution in [2.75, 3.05) is 32.8 Å². The van der Waals surface area contributed by atoms with Crippen LogP contribution in [0.5, 0.6) is 0 Å². The number of urea groups is 1. The van der Waals surface area contributed by atoms with Crippen LogP contribution in [0.3, 0.4) is 0 Å². The minimum atomic E-state index is -0.0483. The Bertz CT molecular complexity index is 493. The molecule has 0 radical (unpaired) electrons. The summed E-state index contributed by atoms with van der Waals surface area (Å²) in [4.78, 5) is 14.3. The van der Waals surface area contributed by atoms with Crippen molar-refractivity contribution >= 4 is 6.03 Å². The highest BCUT2D eigenvalue weighted by Crippen LogP contribution is 2.22. The zero-order chi connectivity index (χ0) is 15.4. The van der Waals surface area contributed by atoms with Gasteiger partial charge < -0.3 is 15.4 Å². The molecule has 2 aliphatic rings. The Labute approximate surface area is 132 Å². The minimum Gasteiger partial charge on any atom is -0.379 e. The fourth-order valence-electron chi connectivity index (χ4n) is 2.79. The third kappa shape index (κ3) is 4.21. The van der Waals surface area contributed by atoms with E-state index >= 15 is 0 Å². The standard InChI is InChI=1S/C17H25N3O2/c1-13-2-4-14(5-3-13)16(20-8-10-22-11-9-20)12-18-17(21)19-15-6-7-15/h2-5,15-16H,6-12H2,1H3,(H2,18,19,21). The number of aryl methyl sites for hydroxylation is 1. The van der Waals surface area contributed by atoms with Gasteiger partial charge in [0.1, 0.15) is 0 Å². The van der Waals surface area contributed by atoms with E-state index in [9.17, 15) is 4.79 Å². The molecule has 1 aromatic carbocycles. The molecule has 1 heterocycles. The Balaban J connectivity index is 1.64. The van der Waals surface area contributed by atoms with E-state index in [1.165, 1.54) is 11.1 Å². The maximum atomic E-state index is 11.9. The molecule has 1 unspecified atom stereocenters. The number of hydrogen-bond acceptors (Lipinski definition) is 3. The van der Waals surface area contributed by atoms with Gasteiger partial charge in [-0.05, 0) is 25.3 Å².